The standard InChI is InChI=1S/C24H30N2O4S2.C20H26N2O2S2.CH2O3.K.2Pt.H/c1-17(27)29-15-13-25(3)21-9-5-19(6-10-21)23(31)24(32)20-7-11-22(12-8-20)26(4)14-16-30-18(2)28;1-21(11-13-23)17-7-3-15(4-8-17)19(25)20(26)16-5-9-18(10-6-16)22(2)12-14-24;2-1-4-3;;;;/h5-12,31-32H,13-16H2,1-4H3;3-10,23-26H,11-14H2,1-2H3;1,3H;;;;/q;;;+1;2*+2;-1/p-4. The van der Waals surface area contributed by atoms with Crippen molar-refractivity contribution >= 4 is 111 Å². The minimum Gasteiger partial charge on any atom is -1.00 e. The van der Waals surface area contributed by atoms with Gasteiger partial charge >= 0.3 is 112 Å². The number of hydrogen-bond donors (Lipinski definition) is 3. The van der Waals surface area contributed by atoms with Crippen LogP contribution in [0.5, 0.6) is 0 Å². The van der Waals surface area contributed by atoms with Crippen LogP contribution in [0.4, 0.5) is 22.7 Å². The molecule has 0 aliphatic heterocycles. The van der Waals surface area contributed by atoms with E-state index in [1.807, 2.05) is 145 Å². The predicted octanol–water partition coefficient (Wildman–Crippen LogP) is 2.81. The quantitative estimate of drug-likeness (QED) is 0.0184. The fourth-order valence-electron chi connectivity index (χ4n) is 5.46. The molecule has 0 atom stereocenters. The monoisotopic (exact) mass is 1350 g/mol. The van der Waals surface area contributed by atoms with E-state index >= 15 is 0 Å². The van der Waals surface area contributed by atoms with Gasteiger partial charge in [0.05, 0.1) is 26.3 Å². The molecule has 354 valence electrons. The van der Waals surface area contributed by atoms with E-state index in [0.29, 0.717) is 59.0 Å². The zero-order chi connectivity index (χ0) is 46.2. The van der Waals surface area contributed by atoms with Gasteiger partial charge in [0.15, 0.2) is 0 Å². The van der Waals surface area contributed by atoms with E-state index in [1.165, 1.54) is 13.8 Å². The first-order chi connectivity index (χ1) is 29.6. The second-order valence-corrected chi connectivity index (χ2v) is 15.2. The molecule has 0 aliphatic carbocycles. The topological polar surface area (TPSA) is 153 Å². The second-order valence-electron chi connectivity index (χ2n) is 13.5. The SMILES string of the molecule is CC(=O)OCCN(C)c1ccc(C([S-])=C([S-])c2ccc(N(C)CCOC(C)=O)cc2)cc1.CN(CCO)c1ccc(C([S-])=C([S-])c2ccc(N(C)CCO)cc2)cc1.O=COO.[H-].[K+].[Pt+2].[Pt+2]. The van der Waals surface area contributed by atoms with Crippen LogP contribution in [0.2, 0.25) is 0 Å². The molecule has 13 nitrogen and oxygen atoms in total. The maximum atomic E-state index is 10.9. The number of nitrogens with zero attached hydrogens (tertiary/aromatic N) is 4. The van der Waals surface area contributed by atoms with Gasteiger partial charge in [0.25, 0.3) is 0 Å². The largest absolute Gasteiger partial charge is 2.00 e. The summed E-state index contributed by atoms with van der Waals surface area (Å²) in [4.78, 5) is 43.8. The van der Waals surface area contributed by atoms with Crippen LogP contribution in [0.25, 0.3) is 19.6 Å². The van der Waals surface area contributed by atoms with Crippen molar-refractivity contribution in [1.82, 2.24) is 0 Å². The van der Waals surface area contributed by atoms with Crippen molar-refractivity contribution in [2.24, 2.45) is 0 Å². The number of hydrogen-bond acceptors (Lipinski definition) is 17. The van der Waals surface area contributed by atoms with Gasteiger partial charge in [-0.15, -0.1) is 0 Å². The van der Waals surface area contributed by atoms with E-state index in [0.717, 1.165) is 45.0 Å². The molecule has 0 saturated carbocycles. The Kier molecular flexibility index (Phi) is 35.7. The summed E-state index contributed by atoms with van der Waals surface area (Å²) in [6.07, 6.45) is 0. The van der Waals surface area contributed by atoms with Crippen LogP contribution < -0.4 is 71.0 Å². The number of carbonyl (C=O) groups is 3. The second kappa shape index (κ2) is 35.8. The maximum Gasteiger partial charge on any atom is 2.00 e. The molecular weight excluding hydrogens is 1300 g/mol. The average Bonchev–Trinajstić information content (AvgIpc) is 3.28. The summed E-state index contributed by atoms with van der Waals surface area (Å²) in [5.41, 5.74) is 7.61. The smallest absolute Gasteiger partial charge is 1.00 e. The Morgan fingerprint density at radius 3 is 0.877 bits per heavy atom. The number of aliphatic hydroxyl groups excluding tert-OH is 2. The molecule has 0 aromatic heterocycles. The predicted molar refractivity (Wildman–Crippen MR) is 260 cm³/mol. The Morgan fingerprint density at radius 2 is 0.708 bits per heavy atom. The van der Waals surface area contributed by atoms with Crippen molar-refractivity contribution in [2.75, 3.05) is 100 Å². The number of carbonyl (C=O) groups excluding carboxylic acids is 3. The number of likely N-dealkylation sites (N-methyl/N-ethyl adjacent to an activating group) is 4. The van der Waals surface area contributed by atoms with Gasteiger partial charge in [-0.3, -0.25) is 14.4 Å². The molecule has 20 heteroatoms. The Labute approximate surface area is 478 Å². The molecule has 0 fully saturated rings. The van der Waals surface area contributed by atoms with Crippen LogP contribution >= 0.6 is 0 Å². The first kappa shape index (κ1) is 64.8. The fourth-order valence-corrected chi connectivity index (χ4v) is 6.48. The first-order valence-corrected chi connectivity index (χ1v) is 20.9. The normalized spacial score (nSPS) is 10.7. The van der Waals surface area contributed by atoms with Gasteiger partial charge in [-0.25, -0.2) is 5.26 Å². The van der Waals surface area contributed by atoms with Gasteiger partial charge in [0, 0.05) is 77.9 Å². The number of esters is 2. The van der Waals surface area contributed by atoms with Crippen molar-refractivity contribution in [2.45, 2.75) is 13.8 Å². The molecule has 3 N–H and O–H groups in total. The van der Waals surface area contributed by atoms with Gasteiger partial charge in [-0.1, -0.05) is 48.5 Å². The van der Waals surface area contributed by atoms with Crippen LogP contribution in [-0.4, -0.2) is 115 Å². The summed E-state index contributed by atoms with van der Waals surface area (Å²) >= 11 is 22.4. The van der Waals surface area contributed by atoms with Gasteiger partial charge in [-0.2, -0.15) is 19.6 Å². The molecule has 0 unspecified atom stereocenters. The number of anilines is 4. The summed E-state index contributed by atoms with van der Waals surface area (Å²) in [6.45, 7) is 6.00. The van der Waals surface area contributed by atoms with Crippen molar-refractivity contribution < 1.29 is 139 Å². The van der Waals surface area contributed by atoms with E-state index in [2.05, 4.69) is 4.89 Å². The summed E-state index contributed by atoms with van der Waals surface area (Å²) < 4.78 is 9.97. The number of aliphatic hydroxyl groups is 2. The Bertz CT molecular complexity index is 1920. The van der Waals surface area contributed by atoms with Crippen LogP contribution in [0.1, 0.15) is 37.5 Å². The zero-order valence-electron chi connectivity index (χ0n) is 38.3. The van der Waals surface area contributed by atoms with Gasteiger partial charge in [-0.05, 0) is 70.8 Å². The van der Waals surface area contributed by atoms with Gasteiger partial charge in [0.2, 0.25) is 0 Å². The molecular formula is C45H55KN4O9Pt2S4. The molecule has 0 spiro atoms. The molecule has 0 radical (unpaired) electrons. The zero-order valence-corrected chi connectivity index (χ0v) is 48.3. The molecule has 0 bridgehead atoms. The van der Waals surface area contributed by atoms with Crippen LogP contribution in [-0.2, 0) is 121 Å². The van der Waals surface area contributed by atoms with E-state index in [-0.39, 0.29) is 127 Å². The van der Waals surface area contributed by atoms with Crippen molar-refractivity contribution in [3.8, 4) is 0 Å². The van der Waals surface area contributed by atoms with Crippen molar-refractivity contribution in [3.05, 3.63) is 119 Å². The third-order valence-electron chi connectivity index (χ3n) is 9.07. The molecule has 65 heavy (non-hydrogen) atoms. The van der Waals surface area contributed by atoms with E-state index < -0.39 is 0 Å². The Hall–Kier alpha value is -2.26. The van der Waals surface area contributed by atoms with E-state index in [9.17, 15) is 9.59 Å². The summed E-state index contributed by atoms with van der Waals surface area (Å²) in [6, 6.07) is 31.4. The van der Waals surface area contributed by atoms with Crippen LogP contribution in [0.3, 0.4) is 0 Å². The summed E-state index contributed by atoms with van der Waals surface area (Å²) in [5, 5.41) is 25.1. The number of rotatable bonds is 19. The molecule has 4 aromatic rings. The van der Waals surface area contributed by atoms with Gasteiger partial charge in [0.1, 0.15) is 13.2 Å². The van der Waals surface area contributed by atoms with E-state index in [1.54, 1.807) is 0 Å². The third kappa shape index (κ3) is 23.5. The Balaban J connectivity index is -0.00000107. The summed E-state index contributed by atoms with van der Waals surface area (Å²) in [5.74, 6) is -0.566. The average molecular weight is 1350 g/mol. The van der Waals surface area contributed by atoms with Crippen molar-refractivity contribution in [3.63, 3.8) is 0 Å². The fraction of sp³-hybridized carbons (Fsp3) is 0.311. The van der Waals surface area contributed by atoms with Crippen molar-refractivity contribution in [1.29, 1.82) is 0 Å². The molecule has 0 aliphatic rings. The Morgan fingerprint density at radius 1 is 0.508 bits per heavy atom. The third-order valence-corrected chi connectivity index (χ3v) is 11.1. The van der Waals surface area contributed by atoms with E-state index in [4.69, 9.17) is 80.3 Å². The minimum atomic E-state index is -0.283. The number of benzene rings is 4. The number of ether oxygens (including phenoxy) is 2. The molecule has 4 rings (SSSR count). The molecule has 0 amide bonds. The minimum absolute atomic E-state index is 0. The maximum absolute atomic E-state index is 10.9. The molecule has 0 heterocycles. The van der Waals surface area contributed by atoms with Gasteiger partial charge < -0.3 is 96.1 Å². The molecule has 0 saturated heterocycles. The van der Waals surface area contributed by atoms with Crippen LogP contribution in [0.15, 0.2) is 97.1 Å². The summed E-state index contributed by atoms with van der Waals surface area (Å²) in [7, 11) is 7.74. The first-order valence-electron chi connectivity index (χ1n) is 19.2. The van der Waals surface area contributed by atoms with Crippen LogP contribution in [0, 0.1) is 0 Å². The molecule has 4 aromatic carbocycles.